The SMILES string of the molecule is C[Si](C)(C)c1ccc(-c2[c-]cccc2)nc1.[2H]C([2H])([2H])c1cc(-c2ccccc2)c(-n2c(-c3[c-]ccc4c3oc3ccccc34)nc3ccnc(C)c32)c(-c2ccccc2)c1.[Ir]. The van der Waals surface area contributed by atoms with E-state index in [1.807, 2.05) is 134 Å². The minimum Gasteiger partial charge on any atom is -0.501 e. The molecule has 10 aromatic rings. The fourth-order valence-corrected chi connectivity index (χ4v) is 8.56. The summed E-state index contributed by atoms with van der Waals surface area (Å²) in [5.41, 5.74) is 11.0. The molecule has 59 heavy (non-hydrogen) atoms. The van der Waals surface area contributed by atoms with Crippen LogP contribution in [0.2, 0.25) is 19.6 Å². The number of fused-ring (bicyclic) bond motifs is 4. The number of hydrogen-bond donors (Lipinski definition) is 0. The number of aryl methyl sites for hydroxylation is 2. The van der Waals surface area contributed by atoms with Gasteiger partial charge in [-0.15, -0.1) is 54.1 Å². The van der Waals surface area contributed by atoms with Crippen molar-refractivity contribution in [2.45, 2.75) is 33.4 Å². The Morgan fingerprint density at radius 3 is 2.03 bits per heavy atom. The van der Waals surface area contributed by atoms with Gasteiger partial charge in [-0.3, -0.25) is 9.97 Å². The third-order valence-electron chi connectivity index (χ3n) is 10.4. The number of nitrogens with zero attached hydrogens (tertiary/aromatic N) is 4. The van der Waals surface area contributed by atoms with Crippen LogP contribution in [-0.4, -0.2) is 27.6 Å². The number of para-hydroxylation sites is 1. The van der Waals surface area contributed by atoms with Gasteiger partial charge in [0.05, 0.1) is 41.9 Å². The second kappa shape index (κ2) is 16.6. The first kappa shape index (κ1) is 35.9. The summed E-state index contributed by atoms with van der Waals surface area (Å²) in [6, 6.07) is 56.1. The van der Waals surface area contributed by atoms with E-state index in [1.165, 1.54) is 5.19 Å². The van der Waals surface area contributed by atoms with Crippen molar-refractivity contribution in [2.75, 3.05) is 0 Å². The molecule has 10 rings (SSSR count). The minimum absolute atomic E-state index is 0. The maximum Gasteiger partial charge on any atom is 0.120 e. The van der Waals surface area contributed by atoms with Crippen molar-refractivity contribution in [3.63, 3.8) is 0 Å². The summed E-state index contributed by atoms with van der Waals surface area (Å²) in [5, 5.41) is 3.38. The Bertz CT molecular complexity index is 3100. The van der Waals surface area contributed by atoms with Gasteiger partial charge in [0.25, 0.3) is 0 Å². The predicted molar refractivity (Wildman–Crippen MR) is 242 cm³/mol. The van der Waals surface area contributed by atoms with Crippen LogP contribution in [-0.2, 0) is 20.1 Å². The molecule has 4 aromatic heterocycles. The van der Waals surface area contributed by atoms with Crippen LogP contribution in [0.4, 0.5) is 0 Å². The fraction of sp³-hybridized carbons (Fsp3) is 0.0962. The van der Waals surface area contributed by atoms with Gasteiger partial charge in [0, 0.05) is 53.1 Å². The van der Waals surface area contributed by atoms with Crippen LogP contribution in [0, 0.1) is 25.9 Å². The summed E-state index contributed by atoms with van der Waals surface area (Å²) in [4.78, 5) is 14.4. The van der Waals surface area contributed by atoms with Gasteiger partial charge in [-0.2, -0.15) is 0 Å². The van der Waals surface area contributed by atoms with Crippen molar-refractivity contribution < 1.29 is 28.6 Å². The predicted octanol–water partition coefficient (Wildman–Crippen LogP) is 12.8. The second-order valence-electron chi connectivity index (χ2n) is 15.3. The Morgan fingerprint density at radius 1 is 0.695 bits per heavy atom. The number of furan rings is 1. The van der Waals surface area contributed by atoms with Crippen molar-refractivity contribution in [3.8, 4) is 50.6 Å². The van der Waals surface area contributed by atoms with E-state index in [1.54, 1.807) is 18.3 Å². The average Bonchev–Trinajstić information content (AvgIpc) is 3.86. The van der Waals surface area contributed by atoms with Crippen LogP contribution in [0.5, 0.6) is 0 Å². The van der Waals surface area contributed by atoms with Gasteiger partial charge in [-0.05, 0) is 65.6 Å². The molecule has 0 unspecified atom stereocenters. The van der Waals surface area contributed by atoms with Crippen LogP contribution in [0.3, 0.4) is 0 Å². The van der Waals surface area contributed by atoms with Crippen molar-refractivity contribution in [1.29, 1.82) is 0 Å². The van der Waals surface area contributed by atoms with Crippen molar-refractivity contribution in [2.24, 2.45) is 0 Å². The average molecular weight is 962 g/mol. The van der Waals surface area contributed by atoms with Gasteiger partial charge in [0.2, 0.25) is 0 Å². The number of rotatable bonds is 6. The molecule has 0 atom stereocenters. The van der Waals surface area contributed by atoms with E-state index in [0.717, 1.165) is 72.3 Å². The molecule has 0 bridgehead atoms. The Kier molecular flexibility index (Phi) is 10.1. The molecular formula is C52H42IrN4OSi-2. The molecule has 0 aliphatic carbocycles. The number of pyridine rings is 2. The first-order valence-corrected chi connectivity index (χ1v) is 22.9. The fourth-order valence-electron chi connectivity index (χ4n) is 7.52. The smallest absolute Gasteiger partial charge is 0.120 e. The summed E-state index contributed by atoms with van der Waals surface area (Å²) >= 11 is 0. The molecule has 0 aliphatic heterocycles. The van der Waals surface area contributed by atoms with E-state index in [2.05, 4.69) is 64.5 Å². The van der Waals surface area contributed by atoms with Crippen LogP contribution in [0.15, 0.2) is 168 Å². The quantitative estimate of drug-likeness (QED) is 0.123. The van der Waals surface area contributed by atoms with Crippen molar-refractivity contribution in [1.82, 2.24) is 19.5 Å². The number of aromatic nitrogens is 4. The van der Waals surface area contributed by atoms with Crippen molar-refractivity contribution >= 4 is 46.2 Å². The van der Waals surface area contributed by atoms with Gasteiger partial charge in [0.15, 0.2) is 0 Å². The third-order valence-corrected chi connectivity index (χ3v) is 12.5. The molecular weight excluding hydrogens is 917 g/mol. The van der Waals surface area contributed by atoms with E-state index >= 15 is 0 Å². The molecule has 0 saturated heterocycles. The summed E-state index contributed by atoms with van der Waals surface area (Å²) in [6.07, 6.45) is 3.78. The zero-order valence-electron chi connectivity index (χ0n) is 36.1. The number of hydrogen-bond acceptors (Lipinski definition) is 4. The molecule has 0 spiro atoms. The summed E-state index contributed by atoms with van der Waals surface area (Å²) in [5.74, 6) is 0.627. The normalized spacial score (nSPS) is 12.3. The molecule has 7 heteroatoms. The topological polar surface area (TPSA) is 56.7 Å². The van der Waals surface area contributed by atoms with Crippen LogP contribution < -0.4 is 5.19 Å². The molecule has 0 saturated carbocycles. The van der Waals surface area contributed by atoms with Gasteiger partial charge in [0.1, 0.15) is 5.58 Å². The maximum absolute atomic E-state index is 8.41. The molecule has 0 fully saturated rings. The zero-order valence-corrected chi connectivity index (χ0v) is 36.5. The van der Waals surface area contributed by atoms with E-state index in [9.17, 15) is 0 Å². The first-order chi connectivity index (χ1) is 29.5. The van der Waals surface area contributed by atoms with E-state index < -0.39 is 14.9 Å². The Hall–Kier alpha value is -6.24. The zero-order chi connectivity index (χ0) is 42.3. The Morgan fingerprint density at radius 2 is 1.39 bits per heavy atom. The molecule has 6 aromatic carbocycles. The second-order valence-corrected chi connectivity index (χ2v) is 20.4. The van der Waals surface area contributed by atoms with E-state index in [0.29, 0.717) is 17.0 Å². The van der Waals surface area contributed by atoms with Gasteiger partial charge in [-0.25, -0.2) is 0 Å². The molecule has 291 valence electrons. The van der Waals surface area contributed by atoms with Crippen LogP contribution in [0.1, 0.15) is 15.4 Å². The summed E-state index contributed by atoms with van der Waals surface area (Å²) in [7, 11) is -1.23. The third kappa shape index (κ3) is 7.73. The van der Waals surface area contributed by atoms with Crippen LogP contribution >= 0.6 is 0 Å². The number of benzene rings is 6. The molecule has 1 radical (unpaired) electrons. The first-order valence-electron chi connectivity index (χ1n) is 20.9. The molecule has 0 amide bonds. The van der Waals surface area contributed by atoms with Gasteiger partial charge in [-0.1, -0.05) is 122 Å². The van der Waals surface area contributed by atoms with E-state index in [-0.39, 0.29) is 25.7 Å². The summed E-state index contributed by atoms with van der Waals surface area (Å²) < 4.78 is 33.8. The Labute approximate surface area is 364 Å². The Balaban J connectivity index is 0.000000263. The van der Waals surface area contributed by atoms with Crippen LogP contribution in [0.25, 0.3) is 83.6 Å². The molecule has 0 aliphatic rings. The largest absolute Gasteiger partial charge is 0.501 e. The van der Waals surface area contributed by atoms with Gasteiger partial charge < -0.3 is 14.0 Å². The van der Waals surface area contributed by atoms with Gasteiger partial charge >= 0.3 is 0 Å². The summed E-state index contributed by atoms with van der Waals surface area (Å²) in [6.45, 7) is 6.64. The molecule has 4 heterocycles. The van der Waals surface area contributed by atoms with E-state index in [4.69, 9.17) is 13.5 Å². The minimum atomic E-state index is -2.32. The standard InChI is InChI=1S/C38H26N3O.C14H16NSi.Ir/c1-24-22-31(26-12-5-3-6-13-26)36(32(23-24)27-14-7-4-8-15-27)41-35-25(2)39-21-20-33(35)40-38(41)30-18-11-17-29-28-16-9-10-19-34(28)42-37(29)30;1-16(2,3)13-9-10-14(15-11-13)12-7-5-4-6-8-12;/h3-17,19-23H,1-2H3;4-7,9-11H,1-3H3;/q2*-1;/i1D3;;. The monoisotopic (exact) mass is 962 g/mol. The molecule has 5 nitrogen and oxygen atoms in total. The maximum atomic E-state index is 8.41. The van der Waals surface area contributed by atoms with Crippen molar-refractivity contribution in [3.05, 3.63) is 187 Å². The molecule has 0 N–H and O–H groups in total. The number of imidazole rings is 1.